The van der Waals surface area contributed by atoms with Gasteiger partial charge in [0.05, 0.1) is 16.0 Å². The molecule has 0 saturated heterocycles. The second kappa shape index (κ2) is 8.74. The van der Waals surface area contributed by atoms with Crippen LogP contribution in [0.25, 0.3) is 0 Å². The molecule has 0 spiro atoms. The first-order valence-corrected chi connectivity index (χ1v) is 9.88. The van der Waals surface area contributed by atoms with Crippen molar-refractivity contribution in [1.29, 1.82) is 0 Å². The van der Waals surface area contributed by atoms with Crippen molar-refractivity contribution in [2.24, 2.45) is 5.10 Å². The molecule has 27 heavy (non-hydrogen) atoms. The molecule has 0 bridgehead atoms. The summed E-state index contributed by atoms with van der Waals surface area (Å²) < 4.78 is 26.4. The minimum atomic E-state index is -3.78. The molecule has 8 nitrogen and oxygen atoms in total. The molecular formula is C18H22N4O4S. The summed E-state index contributed by atoms with van der Waals surface area (Å²) >= 11 is 0. The summed E-state index contributed by atoms with van der Waals surface area (Å²) in [4.78, 5) is 10.6. The average Bonchev–Trinajstić information content (AvgIpc) is 2.62. The third-order valence-electron chi connectivity index (χ3n) is 3.95. The van der Waals surface area contributed by atoms with Crippen molar-refractivity contribution in [3.05, 3.63) is 63.7 Å². The molecule has 2 rings (SSSR count). The number of benzene rings is 2. The van der Waals surface area contributed by atoms with Crippen molar-refractivity contribution < 1.29 is 13.3 Å². The first kappa shape index (κ1) is 20.5. The van der Waals surface area contributed by atoms with E-state index < -0.39 is 14.9 Å². The SMILES string of the molecule is CCN(CC)S(=O)(=O)c1ccc(N/N=C\c2cccc(C)c2)c([N+](=O)[O-])c1. The molecule has 0 unspecified atom stereocenters. The summed E-state index contributed by atoms with van der Waals surface area (Å²) in [6, 6.07) is 11.3. The van der Waals surface area contributed by atoms with Crippen LogP contribution in [0, 0.1) is 17.0 Å². The van der Waals surface area contributed by atoms with Gasteiger partial charge in [0.1, 0.15) is 5.69 Å². The molecule has 0 aliphatic heterocycles. The fraction of sp³-hybridized carbons (Fsp3) is 0.278. The van der Waals surface area contributed by atoms with Crippen LogP contribution in [0.1, 0.15) is 25.0 Å². The molecule has 1 N–H and O–H groups in total. The molecule has 0 amide bonds. The maximum Gasteiger partial charge on any atom is 0.295 e. The van der Waals surface area contributed by atoms with Crippen molar-refractivity contribution in [3.8, 4) is 0 Å². The predicted molar refractivity (Wildman–Crippen MR) is 106 cm³/mol. The molecule has 144 valence electrons. The molecule has 2 aromatic rings. The topological polar surface area (TPSA) is 105 Å². The zero-order valence-corrected chi connectivity index (χ0v) is 16.2. The van der Waals surface area contributed by atoms with Crippen molar-refractivity contribution in [2.45, 2.75) is 25.7 Å². The van der Waals surface area contributed by atoms with Gasteiger partial charge in [0.15, 0.2) is 0 Å². The summed E-state index contributed by atoms with van der Waals surface area (Å²) in [5, 5.41) is 15.4. The van der Waals surface area contributed by atoms with E-state index in [9.17, 15) is 18.5 Å². The number of nitrogens with one attached hydrogen (secondary N) is 1. The highest BCUT2D eigenvalue weighted by molar-refractivity contribution is 7.89. The Morgan fingerprint density at radius 3 is 2.48 bits per heavy atom. The van der Waals surface area contributed by atoms with Gasteiger partial charge in [-0.05, 0) is 24.6 Å². The van der Waals surface area contributed by atoms with Gasteiger partial charge < -0.3 is 0 Å². The first-order valence-electron chi connectivity index (χ1n) is 8.44. The quantitative estimate of drug-likeness (QED) is 0.423. The minimum Gasteiger partial charge on any atom is -0.272 e. The number of nitro benzene ring substituents is 1. The van der Waals surface area contributed by atoms with Crippen molar-refractivity contribution >= 4 is 27.6 Å². The van der Waals surface area contributed by atoms with Crippen LogP contribution in [0.3, 0.4) is 0 Å². The molecule has 0 saturated carbocycles. The van der Waals surface area contributed by atoms with E-state index in [0.29, 0.717) is 0 Å². The minimum absolute atomic E-state index is 0.113. The number of aryl methyl sites for hydroxylation is 1. The maximum absolute atomic E-state index is 12.6. The highest BCUT2D eigenvalue weighted by Gasteiger charge is 2.25. The van der Waals surface area contributed by atoms with Gasteiger partial charge >= 0.3 is 0 Å². The van der Waals surface area contributed by atoms with Crippen LogP contribution in [-0.2, 0) is 10.0 Å². The lowest BCUT2D eigenvalue weighted by Gasteiger charge is -2.18. The van der Waals surface area contributed by atoms with Crippen LogP contribution in [0.2, 0.25) is 0 Å². The number of nitro groups is 1. The van der Waals surface area contributed by atoms with Crippen LogP contribution in [0.4, 0.5) is 11.4 Å². The van der Waals surface area contributed by atoms with E-state index in [0.717, 1.165) is 17.2 Å². The van der Waals surface area contributed by atoms with Crippen molar-refractivity contribution in [2.75, 3.05) is 18.5 Å². The molecule has 0 aliphatic rings. The Hall–Kier alpha value is -2.78. The average molecular weight is 390 g/mol. The fourth-order valence-corrected chi connectivity index (χ4v) is 4.04. The summed E-state index contributed by atoms with van der Waals surface area (Å²) in [6.45, 7) is 5.95. The van der Waals surface area contributed by atoms with Gasteiger partial charge in [0.2, 0.25) is 10.0 Å². The number of rotatable bonds is 8. The summed E-state index contributed by atoms with van der Waals surface area (Å²) in [6.07, 6.45) is 1.54. The zero-order valence-electron chi connectivity index (χ0n) is 15.4. The third-order valence-corrected chi connectivity index (χ3v) is 6.00. The highest BCUT2D eigenvalue weighted by atomic mass is 32.2. The van der Waals surface area contributed by atoms with Crippen LogP contribution in [0.5, 0.6) is 0 Å². The van der Waals surface area contributed by atoms with E-state index in [4.69, 9.17) is 0 Å². The molecule has 0 aromatic heterocycles. The van der Waals surface area contributed by atoms with Gasteiger partial charge in [-0.1, -0.05) is 43.7 Å². The molecule has 0 heterocycles. The highest BCUT2D eigenvalue weighted by Crippen LogP contribution is 2.29. The molecule has 9 heteroatoms. The number of nitrogens with zero attached hydrogens (tertiary/aromatic N) is 3. The maximum atomic E-state index is 12.6. The molecule has 0 atom stereocenters. The zero-order chi connectivity index (χ0) is 20.0. The van der Waals surface area contributed by atoms with Gasteiger partial charge in [-0.25, -0.2) is 8.42 Å². The summed E-state index contributed by atoms with van der Waals surface area (Å²) in [7, 11) is -3.78. The van der Waals surface area contributed by atoms with Crippen molar-refractivity contribution in [3.63, 3.8) is 0 Å². The standard InChI is InChI=1S/C18H22N4O4S/c1-4-21(5-2)27(25,26)16-9-10-17(18(12-16)22(23)24)20-19-13-15-8-6-7-14(3)11-15/h6-13,20H,4-5H2,1-3H3/b19-13-. The lowest BCUT2D eigenvalue weighted by atomic mass is 10.2. The summed E-state index contributed by atoms with van der Waals surface area (Å²) in [5.74, 6) is 0. The lowest BCUT2D eigenvalue weighted by Crippen LogP contribution is -2.30. The normalized spacial score (nSPS) is 11.9. The van der Waals surface area contributed by atoms with Gasteiger partial charge in [0.25, 0.3) is 5.69 Å². The Labute approximate surface area is 158 Å². The molecule has 0 radical (unpaired) electrons. The molecular weight excluding hydrogens is 368 g/mol. The van der Waals surface area contributed by atoms with E-state index >= 15 is 0 Å². The smallest absolute Gasteiger partial charge is 0.272 e. The Kier molecular flexibility index (Phi) is 6.65. The van der Waals surface area contributed by atoms with Crippen LogP contribution in [0.15, 0.2) is 52.5 Å². The van der Waals surface area contributed by atoms with E-state index in [1.165, 1.54) is 22.7 Å². The Bertz CT molecular complexity index is 954. The predicted octanol–water partition coefficient (Wildman–Crippen LogP) is 3.38. The molecule has 0 aliphatic carbocycles. The van der Waals surface area contributed by atoms with E-state index in [1.807, 2.05) is 31.2 Å². The van der Waals surface area contributed by atoms with Gasteiger partial charge in [-0.3, -0.25) is 15.5 Å². The van der Waals surface area contributed by atoms with Crippen LogP contribution >= 0.6 is 0 Å². The van der Waals surface area contributed by atoms with Crippen LogP contribution < -0.4 is 5.43 Å². The number of hydrogen-bond donors (Lipinski definition) is 1. The third kappa shape index (κ3) is 4.89. The van der Waals surface area contributed by atoms with Crippen molar-refractivity contribution in [1.82, 2.24) is 4.31 Å². The van der Waals surface area contributed by atoms with Crippen LogP contribution in [-0.4, -0.2) is 37.0 Å². The fourth-order valence-electron chi connectivity index (χ4n) is 2.56. The van der Waals surface area contributed by atoms with E-state index in [1.54, 1.807) is 13.8 Å². The first-order chi connectivity index (χ1) is 12.8. The van der Waals surface area contributed by atoms with Gasteiger partial charge in [-0.15, -0.1) is 0 Å². The van der Waals surface area contributed by atoms with Gasteiger partial charge in [-0.2, -0.15) is 9.41 Å². The lowest BCUT2D eigenvalue weighted by molar-refractivity contribution is -0.384. The second-order valence-corrected chi connectivity index (χ2v) is 7.75. The Morgan fingerprint density at radius 2 is 1.89 bits per heavy atom. The summed E-state index contributed by atoms with van der Waals surface area (Å²) in [5.41, 5.74) is 4.28. The number of anilines is 1. The molecule has 0 fully saturated rings. The largest absolute Gasteiger partial charge is 0.295 e. The monoisotopic (exact) mass is 390 g/mol. The van der Waals surface area contributed by atoms with E-state index in [2.05, 4.69) is 10.5 Å². The number of hydrazone groups is 1. The van der Waals surface area contributed by atoms with Gasteiger partial charge in [0, 0.05) is 19.2 Å². The van der Waals surface area contributed by atoms with E-state index in [-0.39, 0.29) is 29.4 Å². The number of hydrogen-bond acceptors (Lipinski definition) is 6. The Balaban J connectivity index is 2.32. The Morgan fingerprint density at radius 1 is 1.19 bits per heavy atom. The second-order valence-electron chi connectivity index (χ2n) is 5.81. The number of sulfonamides is 1. The molecule has 2 aromatic carbocycles.